The lowest BCUT2D eigenvalue weighted by Crippen LogP contribution is -1.94. The zero-order chi connectivity index (χ0) is 9.14. The molecule has 0 N–H and O–H groups in total. The largest absolute Gasteiger partial charge is 0.260 e. The molecule has 1 rings (SSSR count). The van der Waals surface area contributed by atoms with Gasteiger partial charge in [0.25, 0.3) is 0 Å². The molecule has 1 aromatic heterocycles. The average Bonchev–Trinajstić information content (AvgIpc) is 2.05. The van der Waals surface area contributed by atoms with Crippen molar-refractivity contribution in [3.8, 4) is 0 Å². The van der Waals surface area contributed by atoms with Gasteiger partial charge in [-0.05, 0) is 24.0 Å². The molecule has 0 aliphatic heterocycles. The molecule has 0 radical (unpaired) electrons. The summed E-state index contributed by atoms with van der Waals surface area (Å²) in [6, 6.07) is 2.09. The maximum Gasteiger partial charge on any atom is 0.0624 e. The third-order valence-electron chi connectivity index (χ3n) is 1.93. The standard InChI is InChI=1S/C10H14ClN/c1-4-8-5-9(7(2)3)10(11)6-12-8/h5-7H,4H2,1-3H3. The van der Waals surface area contributed by atoms with Crippen LogP contribution < -0.4 is 0 Å². The molecule has 1 aromatic rings. The quantitative estimate of drug-likeness (QED) is 0.685. The minimum atomic E-state index is 0.478. The highest BCUT2D eigenvalue weighted by atomic mass is 35.5. The monoisotopic (exact) mass is 183 g/mol. The number of halogens is 1. The van der Waals surface area contributed by atoms with Crippen LogP contribution in [0.3, 0.4) is 0 Å². The van der Waals surface area contributed by atoms with E-state index in [1.807, 2.05) is 0 Å². The van der Waals surface area contributed by atoms with Gasteiger partial charge in [-0.3, -0.25) is 4.98 Å². The van der Waals surface area contributed by atoms with E-state index in [1.54, 1.807) is 6.20 Å². The van der Waals surface area contributed by atoms with E-state index < -0.39 is 0 Å². The fourth-order valence-electron chi connectivity index (χ4n) is 1.14. The van der Waals surface area contributed by atoms with Crippen molar-refractivity contribution in [3.05, 3.63) is 28.5 Å². The SMILES string of the molecule is CCc1cc(C(C)C)c(Cl)cn1. The highest BCUT2D eigenvalue weighted by Gasteiger charge is 2.05. The molecule has 0 bridgehead atoms. The van der Waals surface area contributed by atoms with Crippen LogP contribution in [-0.2, 0) is 6.42 Å². The first-order valence-electron chi connectivity index (χ1n) is 4.29. The van der Waals surface area contributed by atoms with Gasteiger partial charge in [0.15, 0.2) is 0 Å². The van der Waals surface area contributed by atoms with Gasteiger partial charge in [-0.1, -0.05) is 32.4 Å². The van der Waals surface area contributed by atoms with Crippen molar-refractivity contribution in [2.75, 3.05) is 0 Å². The Morgan fingerprint density at radius 2 is 2.17 bits per heavy atom. The van der Waals surface area contributed by atoms with Gasteiger partial charge in [0, 0.05) is 11.9 Å². The van der Waals surface area contributed by atoms with Crippen LogP contribution in [0.4, 0.5) is 0 Å². The zero-order valence-corrected chi connectivity index (χ0v) is 8.52. The molecular formula is C10H14ClN. The summed E-state index contributed by atoms with van der Waals surface area (Å²) in [4.78, 5) is 4.21. The van der Waals surface area contributed by atoms with E-state index in [4.69, 9.17) is 11.6 Å². The summed E-state index contributed by atoms with van der Waals surface area (Å²) < 4.78 is 0. The molecule has 0 saturated heterocycles. The van der Waals surface area contributed by atoms with Crippen LogP contribution in [0.1, 0.15) is 37.9 Å². The molecule has 0 saturated carbocycles. The molecule has 66 valence electrons. The summed E-state index contributed by atoms with van der Waals surface area (Å²) in [5.41, 5.74) is 2.31. The minimum absolute atomic E-state index is 0.478. The van der Waals surface area contributed by atoms with Crippen molar-refractivity contribution in [2.45, 2.75) is 33.1 Å². The van der Waals surface area contributed by atoms with Gasteiger partial charge >= 0.3 is 0 Å². The number of nitrogens with zero attached hydrogens (tertiary/aromatic N) is 1. The Morgan fingerprint density at radius 3 is 2.67 bits per heavy atom. The Labute approximate surface area is 78.8 Å². The van der Waals surface area contributed by atoms with Gasteiger partial charge in [0.2, 0.25) is 0 Å². The molecule has 0 amide bonds. The number of hydrogen-bond donors (Lipinski definition) is 0. The number of pyridine rings is 1. The second-order valence-corrected chi connectivity index (χ2v) is 3.61. The fraction of sp³-hybridized carbons (Fsp3) is 0.500. The van der Waals surface area contributed by atoms with Crippen LogP contribution >= 0.6 is 11.6 Å². The van der Waals surface area contributed by atoms with Crippen LogP contribution in [-0.4, -0.2) is 4.98 Å². The summed E-state index contributed by atoms with van der Waals surface area (Å²) in [5.74, 6) is 0.478. The predicted octanol–water partition coefficient (Wildman–Crippen LogP) is 3.42. The molecule has 0 aromatic carbocycles. The molecule has 0 unspecified atom stereocenters. The minimum Gasteiger partial charge on any atom is -0.260 e. The Kier molecular flexibility index (Phi) is 3.10. The van der Waals surface area contributed by atoms with Gasteiger partial charge in [-0.25, -0.2) is 0 Å². The highest BCUT2D eigenvalue weighted by Crippen LogP contribution is 2.23. The smallest absolute Gasteiger partial charge is 0.0624 e. The van der Waals surface area contributed by atoms with E-state index in [-0.39, 0.29) is 0 Å². The third kappa shape index (κ3) is 1.98. The van der Waals surface area contributed by atoms with Crippen LogP contribution in [0.5, 0.6) is 0 Å². The van der Waals surface area contributed by atoms with Gasteiger partial charge in [-0.15, -0.1) is 0 Å². The molecule has 2 heteroatoms. The molecule has 12 heavy (non-hydrogen) atoms. The van der Waals surface area contributed by atoms with Crippen molar-refractivity contribution in [1.29, 1.82) is 0 Å². The van der Waals surface area contributed by atoms with Gasteiger partial charge in [-0.2, -0.15) is 0 Å². The number of rotatable bonds is 2. The van der Waals surface area contributed by atoms with Crippen molar-refractivity contribution >= 4 is 11.6 Å². The summed E-state index contributed by atoms with van der Waals surface area (Å²) in [7, 11) is 0. The van der Waals surface area contributed by atoms with Crippen molar-refractivity contribution in [1.82, 2.24) is 4.98 Å². The van der Waals surface area contributed by atoms with E-state index in [1.165, 1.54) is 5.56 Å². The first-order valence-corrected chi connectivity index (χ1v) is 4.67. The van der Waals surface area contributed by atoms with E-state index in [2.05, 4.69) is 31.8 Å². The zero-order valence-electron chi connectivity index (χ0n) is 7.76. The van der Waals surface area contributed by atoms with Crippen LogP contribution in [0.2, 0.25) is 5.02 Å². The van der Waals surface area contributed by atoms with Crippen LogP contribution in [0.25, 0.3) is 0 Å². The van der Waals surface area contributed by atoms with Gasteiger partial charge in [0.1, 0.15) is 0 Å². The van der Waals surface area contributed by atoms with Gasteiger partial charge in [0.05, 0.1) is 5.02 Å². The number of aromatic nitrogens is 1. The predicted molar refractivity (Wildman–Crippen MR) is 52.7 cm³/mol. The van der Waals surface area contributed by atoms with Crippen molar-refractivity contribution in [2.24, 2.45) is 0 Å². The third-order valence-corrected chi connectivity index (χ3v) is 2.24. The van der Waals surface area contributed by atoms with Gasteiger partial charge < -0.3 is 0 Å². The fourth-order valence-corrected chi connectivity index (χ4v) is 1.46. The second kappa shape index (κ2) is 3.90. The molecule has 0 spiro atoms. The lowest BCUT2D eigenvalue weighted by molar-refractivity contribution is 0.854. The Hall–Kier alpha value is -0.560. The summed E-state index contributed by atoms with van der Waals surface area (Å²) in [6.45, 7) is 6.38. The molecule has 1 nitrogen and oxygen atoms in total. The summed E-state index contributed by atoms with van der Waals surface area (Å²) in [5, 5.41) is 0.780. The molecule has 0 atom stereocenters. The maximum atomic E-state index is 5.99. The van der Waals surface area contributed by atoms with Crippen LogP contribution in [0, 0.1) is 0 Å². The van der Waals surface area contributed by atoms with Crippen molar-refractivity contribution in [3.63, 3.8) is 0 Å². The van der Waals surface area contributed by atoms with Crippen LogP contribution in [0.15, 0.2) is 12.3 Å². The average molecular weight is 184 g/mol. The molecule has 0 aliphatic rings. The molecule has 0 aliphatic carbocycles. The number of aryl methyl sites for hydroxylation is 1. The topological polar surface area (TPSA) is 12.9 Å². The van der Waals surface area contributed by atoms with E-state index >= 15 is 0 Å². The Bertz CT molecular complexity index is 269. The maximum absolute atomic E-state index is 5.99. The lowest BCUT2D eigenvalue weighted by atomic mass is 10.0. The van der Waals surface area contributed by atoms with E-state index in [0.29, 0.717) is 5.92 Å². The first kappa shape index (κ1) is 9.53. The molecular weight excluding hydrogens is 170 g/mol. The Morgan fingerprint density at radius 1 is 1.50 bits per heavy atom. The molecule has 0 fully saturated rings. The first-order chi connectivity index (χ1) is 5.65. The van der Waals surface area contributed by atoms with Crippen molar-refractivity contribution < 1.29 is 0 Å². The van der Waals surface area contributed by atoms with E-state index in [9.17, 15) is 0 Å². The Balaban J connectivity index is 3.08. The lowest BCUT2D eigenvalue weighted by Gasteiger charge is -2.08. The van der Waals surface area contributed by atoms with E-state index in [0.717, 1.165) is 17.1 Å². The molecule has 1 heterocycles. The summed E-state index contributed by atoms with van der Waals surface area (Å²) >= 11 is 5.99. The second-order valence-electron chi connectivity index (χ2n) is 3.21. The highest BCUT2D eigenvalue weighted by molar-refractivity contribution is 6.31. The summed E-state index contributed by atoms with van der Waals surface area (Å²) in [6.07, 6.45) is 2.71. The normalized spacial score (nSPS) is 10.8. The number of hydrogen-bond acceptors (Lipinski definition) is 1.